The lowest BCUT2D eigenvalue weighted by Crippen LogP contribution is -2.55. The molecule has 1 saturated carbocycles. The first-order valence-electron chi connectivity index (χ1n) is 10.9. The minimum Gasteiger partial charge on any atom is -0.369 e. The number of anilines is 2. The summed E-state index contributed by atoms with van der Waals surface area (Å²) in [7, 11) is 0. The van der Waals surface area contributed by atoms with Crippen molar-refractivity contribution in [3.63, 3.8) is 0 Å². The Balaban J connectivity index is 1.21. The maximum absolute atomic E-state index is 4.60. The van der Waals surface area contributed by atoms with Gasteiger partial charge in [0.25, 0.3) is 0 Å². The second-order valence-electron chi connectivity index (χ2n) is 8.63. The maximum Gasteiger partial charge on any atom is 0.132 e. The van der Waals surface area contributed by atoms with Crippen LogP contribution < -0.4 is 9.80 Å². The molecule has 1 aromatic heterocycles. The summed E-state index contributed by atoms with van der Waals surface area (Å²) >= 11 is 0. The number of para-hydroxylation sites is 1. The number of hydrogen-bond acceptors (Lipinski definition) is 5. The van der Waals surface area contributed by atoms with Gasteiger partial charge in [-0.3, -0.25) is 4.90 Å². The first kappa shape index (κ1) is 17.9. The highest BCUT2D eigenvalue weighted by Crippen LogP contribution is 2.39. The number of hydrogen-bond donors (Lipinski definition) is 0. The van der Waals surface area contributed by atoms with Crippen LogP contribution in [0.5, 0.6) is 0 Å². The van der Waals surface area contributed by atoms with E-state index < -0.39 is 0 Å². The standard InChI is InChI=1S/C23H31N5/c1-18-5-2-3-7-22(18)27-13-11-26(12-14-27)20-6-4-10-28(16-20)23-15-21(19-8-9-19)24-17-25-23/h2-3,5,7,15,17,19-20H,4,6,8-14,16H2,1H3. The van der Waals surface area contributed by atoms with Crippen LogP contribution in [0.15, 0.2) is 36.7 Å². The largest absolute Gasteiger partial charge is 0.369 e. The van der Waals surface area contributed by atoms with Crippen LogP contribution in [-0.4, -0.2) is 60.2 Å². The molecule has 2 saturated heterocycles. The van der Waals surface area contributed by atoms with Crippen molar-refractivity contribution in [3.8, 4) is 0 Å². The highest BCUT2D eigenvalue weighted by atomic mass is 15.3. The number of aryl methyl sites for hydroxylation is 1. The summed E-state index contributed by atoms with van der Waals surface area (Å²) in [6.07, 6.45) is 6.93. The fourth-order valence-electron chi connectivity index (χ4n) is 4.84. The first-order valence-corrected chi connectivity index (χ1v) is 10.9. The van der Waals surface area contributed by atoms with Crippen LogP contribution in [0.2, 0.25) is 0 Å². The Labute approximate surface area is 168 Å². The summed E-state index contributed by atoms with van der Waals surface area (Å²) in [5.41, 5.74) is 4.04. The molecule has 0 amide bonds. The molecule has 1 aromatic carbocycles. The van der Waals surface area contributed by atoms with E-state index in [1.807, 2.05) is 0 Å². The molecule has 2 aliphatic heterocycles. The normalized spacial score (nSPS) is 23.8. The van der Waals surface area contributed by atoms with Gasteiger partial charge >= 0.3 is 0 Å². The van der Waals surface area contributed by atoms with Gasteiger partial charge in [-0.05, 0) is 44.2 Å². The van der Waals surface area contributed by atoms with Gasteiger partial charge in [0.1, 0.15) is 12.1 Å². The number of piperidine rings is 1. The molecule has 5 heteroatoms. The summed E-state index contributed by atoms with van der Waals surface area (Å²) in [6.45, 7) is 9.01. The quantitative estimate of drug-likeness (QED) is 0.815. The van der Waals surface area contributed by atoms with Crippen molar-refractivity contribution in [2.75, 3.05) is 49.1 Å². The van der Waals surface area contributed by atoms with Gasteiger partial charge in [0, 0.05) is 68.7 Å². The van der Waals surface area contributed by atoms with Crippen molar-refractivity contribution >= 4 is 11.5 Å². The molecule has 0 bridgehead atoms. The lowest BCUT2D eigenvalue weighted by molar-refractivity contribution is 0.166. The Morgan fingerprint density at radius 2 is 1.71 bits per heavy atom. The van der Waals surface area contributed by atoms with Gasteiger partial charge < -0.3 is 9.80 Å². The van der Waals surface area contributed by atoms with Gasteiger partial charge in [-0.15, -0.1) is 0 Å². The van der Waals surface area contributed by atoms with Gasteiger partial charge in [-0.2, -0.15) is 0 Å². The van der Waals surface area contributed by atoms with Crippen molar-refractivity contribution in [1.29, 1.82) is 0 Å². The van der Waals surface area contributed by atoms with Gasteiger partial charge in [0.2, 0.25) is 0 Å². The molecule has 1 unspecified atom stereocenters. The Hall–Kier alpha value is -2.14. The molecule has 5 rings (SSSR count). The summed E-state index contributed by atoms with van der Waals surface area (Å²) in [4.78, 5) is 16.9. The van der Waals surface area contributed by atoms with Crippen LogP contribution >= 0.6 is 0 Å². The van der Waals surface area contributed by atoms with E-state index in [0.717, 1.165) is 45.1 Å². The Morgan fingerprint density at radius 1 is 0.893 bits per heavy atom. The Bertz CT molecular complexity index is 810. The van der Waals surface area contributed by atoms with Gasteiger partial charge in [-0.1, -0.05) is 18.2 Å². The minimum absolute atomic E-state index is 0.645. The highest BCUT2D eigenvalue weighted by Gasteiger charge is 2.30. The van der Waals surface area contributed by atoms with Gasteiger partial charge in [0.15, 0.2) is 0 Å². The molecule has 3 fully saturated rings. The Kier molecular flexibility index (Phi) is 4.93. The van der Waals surface area contributed by atoms with Crippen LogP contribution in [0.1, 0.15) is 42.9 Å². The minimum atomic E-state index is 0.645. The summed E-state index contributed by atoms with van der Waals surface area (Å²) in [6, 6.07) is 11.7. The molecule has 148 valence electrons. The number of benzene rings is 1. The number of aromatic nitrogens is 2. The van der Waals surface area contributed by atoms with E-state index in [2.05, 4.69) is 61.9 Å². The zero-order chi connectivity index (χ0) is 18.9. The van der Waals surface area contributed by atoms with Crippen molar-refractivity contribution in [3.05, 3.63) is 47.9 Å². The van der Waals surface area contributed by atoms with Crippen LogP contribution in [0.3, 0.4) is 0 Å². The third-order valence-electron chi connectivity index (χ3n) is 6.68. The smallest absolute Gasteiger partial charge is 0.132 e. The van der Waals surface area contributed by atoms with E-state index in [9.17, 15) is 0 Å². The van der Waals surface area contributed by atoms with Gasteiger partial charge in [-0.25, -0.2) is 9.97 Å². The number of nitrogens with zero attached hydrogens (tertiary/aromatic N) is 5. The Morgan fingerprint density at radius 3 is 2.50 bits per heavy atom. The fourth-order valence-corrected chi connectivity index (χ4v) is 4.84. The molecule has 0 N–H and O–H groups in total. The molecular formula is C23H31N5. The van der Waals surface area contributed by atoms with Crippen molar-refractivity contribution < 1.29 is 0 Å². The second kappa shape index (κ2) is 7.70. The van der Waals surface area contributed by atoms with E-state index in [1.54, 1.807) is 6.33 Å². The lowest BCUT2D eigenvalue weighted by atomic mass is 10.0. The van der Waals surface area contributed by atoms with Gasteiger partial charge in [0.05, 0.1) is 0 Å². The van der Waals surface area contributed by atoms with Crippen LogP contribution in [0.4, 0.5) is 11.5 Å². The van der Waals surface area contributed by atoms with Crippen LogP contribution in [-0.2, 0) is 0 Å². The lowest BCUT2D eigenvalue weighted by Gasteiger charge is -2.44. The molecule has 0 spiro atoms. The van der Waals surface area contributed by atoms with Crippen LogP contribution in [0, 0.1) is 6.92 Å². The molecule has 3 aliphatic rings. The average molecular weight is 378 g/mol. The molecule has 2 aromatic rings. The predicted octanol–water partition coefficient (Wildman–Crippen LogP) is 3.45. The fraction of sp³-hybridized carbons (Fsp3) is 0.565. The van der Waals surface area contributed by atoms with E-state index in [-0.39, 0.29) is 0 Å². The summed E-state index contributed by atoms with van der Waals surface area (Å²) < 4.78 is 0. The highest BCUT2D eigenvalue weighted by molar-refractivity contribution is 5.53. The van der Waals surface area contributed by atoms with Crippen LogP contribution in [0.25, 0.3) is 0 Å². The summed E-state index contributed by atoms with van der Waals surface area (Å²) in [5, 5.41) is 0. The molecule has 1 atom stereocenters. The third-order valence-corrected chi connectivity index (χ3v) is 6.68. The average Bonchev–Trinajstić information content (AvgIpc) is 3.60. The predicted molar refractivity (Wildman–Crippen MR) is 114 cm³/mol. The molecule has 28 heavy (non-hydrogen) atoms. The second-order valence-corrected chi connectivity index (χ2v) is 8.63. The molecule has 5 nitrogen and oxygen atoms in total. The van der Waals surface area contributed by atoms with Crippen molar-refractivity contribution in [1.82, 2.24) is 14.9 Å². The zero-order valence-corrected chi connectivity index (χ0v) is 16.9. The van der Waals surface area contributed by atoms with E-state index in [4.69, 9.17) is 0 Å². The molecule has 1 aliphatic carbocycles. The zero-order valence-electron chi connectivity index (χ0n) is 16.9. The number of rotatable bonds is 4. The number of piperazine rings is 1. The van der Waals surface area contributed by atoms with E-state index in [0.29, 0.717) is 12.0 Å². The third kappa shape index (κ3) is 3.72. The molecule has 3 heterocycles. The molecule has 0 radical (unpaired) electrons. The van der Waals surface area contributed by atoms with Crippen molar-refractivity contribution in [2.45, 2.75) is 44.6 Å². The van der Waals surface area contributed by atoms with Crippen molar-refractivity contribution in [2.24, 2.45) is 0 Å². The summed E-state index contributed by atoms with van der Waals surface area (Å²) in [5.74, 6) is 1.83. The van der Waals surface area contributed by atoms with E-state index in [1.165, 1.54) is 42.6 Å². The maximum atomic E-state index is 4.60. The monoisotopic (exact) mass is 377 g/mol. The first-order chi connectivity index (χ1) is 13.8. The molecular weight excluding hydrogens is 346 g/mol. The SMILES string of the molecule is Cc1ccccc1N1CCN(C2CCCN(c3cc(C4CC4)ncn3)C2)CC1. The topological polar surface area (TPSA) is 35.5 Å². The van der Waals surface area contributed by atoms with E-state index >= 15 is 0 Å².